The number of amides is 2. The number of urea groups is 1. The fourth-order valence-corrected chi connectivity index (χ4v) is 2.03. The number of nitrogens with zero attached hydrogens (tertiary/aromatic N) is 2. The summed E-state index contributed by atoms with van der Waals surface area (Å²) in [6.45, 7) is 1.61. The second-order valence-corrected chi connectivity index (χ2v) is 5.00. The second-order valence-electron chi connectivity index (χ2n) is 4.56. The highest BCUT2D eigenvalue weighted by Gasteiger charge is 2.00. The minimum atomic E-state index is -0.196. The Morgan fingerprint density at radius 3 is 2.59 bits per heavy atom. The fourth-order valence-electron chi connectivity index (χ4n) is 1.82. The van der Waals surface area contributed by atoms with Gasteiger partial charge < -0.3 is 16.0 Å². The lowest BCUT2D eigenvalue weighted by Crippen LogP contribution is -2.38. The van der Waals surface area contributed by atoms with E-state index in [1.54, 1.807) is 18.5 Å². The molecule has 7 heteroatoms. The lowest BCUT2D eigenvalue weighted by atomic mass is 10.1. The van der Waals surface area contributed by atoms with Crippen LogP contribution in [0.25, 0.3) is 0 Å². The number of hydrogen-bond donors (Lipinski definition) is 3. The molecule has 2 amide bonds. The summed E-state index contributed by atoms with van der Waals surface area (Å²) in [4.78, 5) is 19.7. The molecule has 116 valence electrons. The first-order chi connectivity index (χ1) is 10.7. The fraction of sp³-hybridized carbons (Fsp3) is 0.267. The third-order valence-corrected chi connectivity index (χ3v) is 3.08. The molecule has 0 aliphatic rings. The van der Waals surface area contributed by atoms with E-state index in [-0.39, 0.29) is 6.03 Å². The summed E-state index contributed by atoms with van der Waals surface area (Å²) in [6.07, 6.45) is 4.06. The Hall–Kier alpha value is -2.34. The first-order valence-electron chi connectivity index (χ1n) is 7.01. The Kier molecular flexibility index (Phi) is 6.44. The van der Waals surface area contributed by atoms with Gasteiger partial charge in [-0.3, -0.25) is 0 Å². The normalized spacial score (nSPS) is 10.0. The maximum absolute atomic E-state index is 11.6. The van der Waals surface area contributed by atoms with Crippen LogP contribution in [0, 0.1) is 0 Å². The summed E-state index contributed by atoms with van der Waals surface area (Å²) in [5.41, 5.74) is 1.09. The Balaban J connectivity index is 1.56. The number of nitrogens with one attached hydrogen (secondary N) is 3. The van der Waals surface area contributed by atoms with Crippen molar-refractivity contribution < 1.29 is 4.79 Å². The van der Waals surface area contributed by atoms with Gasteiger partial charge >= 0.3 is 6.03 Å². The number of rotatable bonds is 7. The summed E-state index contributed by atoms with van der Waals surface area (Å²) in [5.74, 6) is 0.547. The van der Waals surface area contributed by atoms with Crippen LogP contribution < -0.4 is 16.0 Å². The van der Waals surface area contributed by atoms with E-state index < -0.39 is 0 Å². The van der Waals surface area contributed by atoms with Gasteiger partial charge in [0.15, 0.2) is 0 Å². The lowest BCUT2D eigenvalue weighted by molar-refractivity contribution is 0.241. The molecule has 0 aliphatic heterocycles. The molecule has 0 saturated heterocycles. The molecule has 0 spiro atoms. The molecule has 0 fully saturated rings. The second kappa shape index (κ2) is 8.84. The van der Waals surface area contributed by atoms with E-state index in [2.05, 4.69) is 25.9 Å². The number of halogens is 1. The van der Waals surface area contributed by atoms with Gasteiger partial charge in [-0.25, -0.2) is 14.8 Å². The third-order valence-electron chi connectivity index (χ3n) is 2.85. The van der Waals surface area contributed by atoms with Gasteiger partial charge in [0.25, 0.3) is 0 Å². The molecule has 0 aliphatic carbocycles. The van der Waals surface area contributed by atoms with Gasteiger partial charge in [-0.15, -0.1) is 0 Å². The Morgan fingerprint density at radius 1 is 1.05 bits per heavy atom. The Labute approximate surface area is 134 Å². The SMILES string of the molecule is O=C(NCCNc1ncccn1)NCCc1cccc(Cl)c1. The Morgan fingerprint density at radius 2 is 1.82 bits per heavy atom. The third kappa shape index (κ3) is 5.97. The zero-order valence-electron chi connectivity index (χ0n) is 12.1. The van der Waals surface area contributed by atoms with Crippen molar-refractivity contribution >= 4 is 23.6 Å². The zero-order chi connectivity index (χ0) is 15.6. The van der Waals surface area contributed by atoms with Gasteiger partial charge in [0.05, 0.1) is 0 Å². The maximum atomic E-state index is 11.6. The molecule has 22 heavy (non-hydrogen) atoms. The summed E-state index contributed by atoms with van der Waals surface area (Å²) >= 11 is 5.90. The highest BCUT2D eigenvalue weighted by atomic mass is 35.5. The van der Waals surface area contributed by atoms with E-state index in [1.165, 1.54) is 0 Å². The minimum Gasteiger partial charge on any atom is -0.352 e. The molecular formula is C15H18ClN5O. The number of aromatic nitrogens is 2. The molecule has 1 aromatic heterocycles. The van der Waals surface area contributed by atoms with Gasteiger partial charge in [0.1, 0.15) is 0 Å². The summed E-state index contributed by atoms with van der Waals surface area (Å²) < 4.78 is 0. The smallest absolute Gasteiger partial charge is 0.314 e. The van der Waals surface area contributed by atoms with E-state index in [1.807, 2.05) is 24.3 Å². The van der Waals surface area contributed by atoms with E-state index in [4.69, 9.17) is 11.6 Å². The van der Waals surface area contributed by atoms with E-state index in [9.17, 15) is 4.79 Å². The topological polar surface area (TPSA) is 78.9 Å². The van der Waals surface area contributed by atoms with Gasteiger partial charge in [0, 0.05) is 37.1 Å². The predicted molar refractivity (Wildman–Crippen MR) is 87.1 cm³/mol. The van der Waals surface area contributed by atoms with Crippen LogP contribution in [-0.2, 0) is 6.42 Å². The zero-order valence-corrected chi connectivity index (χ0v) is 12.8. The molecule has 1 aromatic carbocycles. The van der Waals surface area contributed by atoms with Crippen molar-refractivity contribution in [2.75, 3.05) is 25.0 Å². The van der Waals surface area contributed by atoms with Crippen molar-refractivity contribution in [2.45, 2.75) is 6.42 Å². The van der Waals surface area contributed by atoms with Crippen LogP contribution in [0.4, 0.5) is 10.7 Å². The average molecular weight is 320 g/mol. The monoisotopic (exact) mass is 319 g/mol. The number of benzene rings is 1. The van der Waals surface area contributed by atoms with Crippen molar-refractivity contribution in [2.24, 2.45) is 0 Å². The van der Waals surface area contributed by atoms with Gasteiger partial charge in [-0.05, 0) is 30.2 Å². The highest BCUT2D eigenvalue weighted by molar-refractivity contribution is 6.30. The minimum absolute atomic E-state index is 0.196. The number of carbonyl (C=O) groups excluding carboxylic acids is 1. The molecule has 0 atom stereocenters. The van der Waals surface area contributed by atoms with Crippen molar-refractivity contribution in [1.29, 1.82) is 0 Å². The summed E-state index contributed by atoms with van der Waals surface area (Å²) in [6, 6.07) is 9.15. The first kappa shape index (κ1) is 16.0. The average Bonchev–Trinajstić information content (AvgIpc) is 2.53. The van der Waals surface area contributed by atoms with E-state index in [0.717, 1.165) is 12.0 Å². The molecule has 0 unspecified atom stereocenters. The van der Waals surface area contributed by atoms with Crippen molar-refractivity contribution in [3.63, 3.8) is 0 Å². The molecule has 0 bridgehead atoms. The molecule has 0 radical (unpaired) electrons. The highest BCUT2D eigenvalue weighted by Crippen LogP contribution is 2.10. The van der Waals surface area contributed by atoms with Crippen molar-refractivity contribution in [1.82, 2.24) is 20.6 Å². The maximum Gasteiger partial charge on any atom is 0.314 e. The summed E-state index contributed by atoms with van der Waals surface area (Å²) in [5, 5.41) is 9.27. The molecule has 3 N–H and O–H groups in total. The quantitative estimate of drug-likeness (QED) is 0.683. The van der Waals surface area contributed by atoms with Crippen LogP contribution in [0.3, 0.4) is 0 Å². The predicted octanol–water partition coefficient (Wildman–Crippen LogP) is 2.08. The van der Waals surface area contributed by atoms with E-state index >= 15 is 0 Å². The molecule has 0 saturated carbocycles. The van der Waals surface area contributed by atoms with Crippen LogP contribution in [0.5, 0.6) is 0 Å². The Bertz CT molecular complexity index is 593. The van der Waals surface area contributed by atoms with Gasteiger partial charge in [-0.2, -0.15) is 0 Å². The number of carbonyl (C=O) groups is 1. The van der Waals surface area contributed by atoms with Gasteiger partial charge in [-0.1, -0.05) is 23.7 Å². The van der Waals surface area contributed by atoms with Crippen molar-refractivity contribution in [3.05, 3.63) is 53.3 Å². The molecule has 6 nitrogen and oxygen atoms in total. The first-order valence-corrected chi connectivity index (χ1v) is 7.39. The summed E-state index contributed by atoms with van der Waals surface area (Å²) in [7, 11) is 0. The molecule has 1 heterocycles. The van der Waals surface area contributed by atoms with Crippen LogP contribution in [-0.4, -0.2) is 35.6 Å². The number of anilines is 1. The van der Waals surface area contributed by atoms with E-state index in [0.29, 0.717) is 30.6 Å². The van der Waals surface area contributed by atoms with Crippen LogP contribution in [0.15, 0.2) is 42.7 Å². The van der Waals surface area contributed by atoms with Crippen LogP contribution >= 0.6 is 11.6 Å². The molecular weight excluding hydrogens is 302 g/mol. The lowest BCUT2D eigenvalue weighted by Gasteiger charge is -2.08. The molecule has 2 aromatic rings. The molecule has 2 rings (SSSR count). The standard InChI is InChI=1S/C15H18ClN5O/c16-13-4-1-3-12(11-13)5-8-20-15(22)21-10-9-19-14-17-6-2-7-18-14/h1-4,6-7,11H,5,8-10H2,(H,17,18,19)(H2,20,21,22). The number of hydrogen-bond acceptors (Lipinski definition) is 4. The largest absolute Gasteiger partial charge is 0.352 e. The van der Waals surface area contributed by atoms with Crippen LogP contribution in [0.1, 0.15) is 5.56 Å². The van der Waals surface area contributed by atoms with Gasteiger partial charge in [0.2, 0.25) is 5.95 Å². The van der Waals surface area contributed by atoms with Crippen LogP contribution in [0.2, 0.25) is 5.02 Å². The van der Waals surface area contributed by atoms with Crippen molar-refractivity contribution in [3.8, 4) is 0 Å².